The molecule has 2 aromatic heterocycles. The first-order valence-corrected chi connectivity index (χ1v) is 17.8. The van der Waals surface area contributed by atoms with Crippen molar-refractivity contribution in [1.29, 1.82) is 0 Å². The Morgan fingerprint density at radius 2 is 1.64 bits per heavy atom. The number of nitrogens with zero attached hydrogens (tertiary/aromatic N) is 3. The fourth-order valence-corrected chi connectivity index (χ4v) is 6.78. The summed E-state index contributed by atoms with van der Waals surface area (Å²) in [5.74, 6) is 1.03. The van der Waals surface area contributed by atoms with Gasteiger partial charge >= 0.3 is 5.97 Å². The third kappa shape index (κ3) is 10.3. The molecule has 0 atom stereocenters. The minimum absolute atomic E-state index is 0.121. The average Bonchev–Trinajstić information content (AvgIpc) is 3.55. The van der Waals surface area contributed by atoms with Gasteiger partial charge in [-0.15, -0.1) is 11.3 Å². The van der Waals surface area contributed by atoms with Crippen LogP contribution in [0.25, 0.3) is 21.0 Å². The molecular weight excluding hydrogens is 582 g/mol. The first-order valence-electron chi connectivity index (χ1n) is 16.9. The highest BCUT2D eigenvalue weighted by Crippen LogP contribution is 2.31. The number of ether oxygens (including phenoxy) is 3. The summed E-state index contributed by atoms with van der Waals surface area (Å²) in [5.41, 5.74) is 2.17. The molecule has 1 saturated heterocycles. The van der Waals surface area contributed by atoms with Crippen molar-refractivity contribution < 1.29 is 19.0 Å². The van der Waals surface area contributed by atoms with Crippen LogP contribution >= 0.6 is 11.3 Å². The molecule has 7 nitrogen and oxygen atoms in total. The Morgan fingerprint density at radius 1 is 0.844 bits per heavy atom. The molecule has 3 heterocycles. The Balaban J connectivity index is 0.949. The number of hydrogen-bond acceptors (Lipinski definition) is 8. The minimum Gasteiger partial charge on any atom is -0.494 e. The standard InChI is InChI=1S/C37H49N3O4S/c1-2-3-4-5-6-7-8-9-15-37(41)44-29-43-36-19-17-30-16-18-31(28-33(30)38-36)42-26-11-10-21-39-22-24-40(25-23-39)34-13-12-14-35-32(34)20-27-45-35/h12-14,16-20,27-28H,2-11,15,21-26,29H2,1H3. The van der Waals surface area contributed by atoms with E-state index in [1.54, 1.807) is 6.07 Å². The lowest BCUT2D eigenvalue weighted by molar-refractivity contribution is -0.150. The maximum atomic E-state index is 12.1. The van der Waals surface area contributed by atoms with Crippen LogP contribution in [0.3, 0.4) is 0 Å². The number of carbonyl (C=O) groups is 1. The van der Waals surface area contributed by atoms with E-state index in [2.05, 4.69) is 51.4 Å². The number of rotatable bonds is 19. The van der Waals surface area contributed by atoms with Gasteiger partial charge in [0.15, 0.2) is 0 Å². The highest BCUT2D eigenvalue weighted by Gasteiger charge is 2.18. The monoisotopic (exact) mass is 631 g/mol. The molecule has 8 heteroatoms. The molecule has 0 spiro atoms. The number of aromatic nitrogens is 1. The molecule has 1 aliphatic rings. The van der Waals surface area contributed by atoms with Gasteiger partial charge in [-0.1, -0.05) is 57.9 Å². The summed E-state index contributed by atoms with van der Waals surface area (Å²) in [5, 5.41) is 4.58. The smallest absolute Gasteiger partial charge is 0.308 e. The van der Waals surface area contributed by atoms with E-state index in [-0.39, 0.29) is 12.8 Å². The molecule has 2 aromatic carbocycles. The lowest BCUT2D eigenvalue weighted by Crippen LogP contribution is -2.46. The van der Waals surface area contributed by atoms with Gasteiger partial charge in [0.05, 0.1) is 12.1 Å². The normalized spacial score (nSPS) is 13.8. The van der Waals surface area contributed by atoms with E-state index in [9.17, 15) is 4.79 Å². The molecule has 1 aliphatic heterocycles. The summed E-state index contributed by atoms with van der Waals surface area (Å²) >= 11 is 1.82. The van der Waals surface area contributed by atoms with Crippen molar-refractivity contribution in [1.82, 2.24) is 9.88 Å². The van der Waals surface area contributed by atoms with Crippen LogP contribution in [0.5, 0.6) is 11.6 Å². The number of hydrogen-bond donors (Lipinski definition) is 0. The zero-order chi connectivity index (χ0) is 31.1. The van der Waals surface area contributed by atoms with E-state index in [4.69, 9.17) is 14.2 Å². The molecule has 242 valence electrons. The Hall–Kier alpha value is -3.36. The molecule has 0 radical (unpaired) electrons. The Kier molecular flexibility index (Phi) is 13.2. The lowest BCUT2D eigenvalue weighted by Gasteiger charge is -2.36. The summed E-state index contributed by atoms with van der Waals surface area (Å²) in [4.78, 5) is 21.7. The van der Waals surface area contributed by atoms with Crippen LogP contribution in [0, 0.1) is 0 Å². The van der Waals surface area contributed by atoms with Crippen molar-refractivity contribution in [2.75, 3.05) is 51.0 Å². The molecular formula is C37H49N3O4S. The fraction of sp³-hybridized carbons (Fsp3) is 0.514. The highest BCUT2D eigenvalue weighted by atomic mass is 32.1. The third-order valence-corrected chi connectivity index (χ3v) is 9.50. The van der Waals surface area contributed by atoms with Crippen LogP contribution in [0.2, 0.25) is 0 Å². The molecule has 0 N–H and O–H groups in total. The van der Waals surface area contributed by atoms with Gasteiger partial charge in [0.2, 0.25) is 12.7 Å². The molecule has 5 rings (SSSR count). The van der Waals surface area contributed by atoms with Gasteiger partial charge in [0.1, 0.15) is 5.75 Å². The summed E-state index contributed by atoms with van der Waals surface area (Å²) in [6, 6.07) is 18.6. The van der Waals surface area contributed by atoms with Crippen molar-refractivity contribution in [2.45, 2.75) is 77.6 Å². The van der Waals surface area contributed by atoms with E-state index in [0.717, 1.165) is 75.1 Å². The number of esters is 1. The van der Waals surface area contributed by atoms with Crippen molar-refractivity contribution in [3.63, 3.8) is 0 Å². The van der Waals surface area contributed by atoms with Crippen molar-refractivity contribution in [3.8, 4) is 11.6 Å². The number of pyridine rings is 1. The first kappa shape index (κ1) is 33.0. The Bertz CT molecular complexity index is 1470. The predicted octanol–water partition coefficient (Wildman–Crippen LogP) is 8.84. The maximum Gasteiger partial charge on any atom is 0.308 e. The van der Waals surface area contributed by atoms with Gasteiger partial charge in [0, 0.05) is 65.9 Å². The van der Waals surface area contributed by atoms with Gasteiger partial charge in [-0.25, -0.2) is 4.98 Å². The molecule has 0 bridgehead atoms. The van der Waals surface area contributed by atoms with Crippen LogP contribution in [0.15, 0.2) is 60.0 Å². The van der Waals surface area contributed by atoms with Crippen molar-refractivity contribution >= 4 is 44.0 Å². The van der Waals surface area contributed by atoms with Crippen LogP contribution in [-0.2, 0) is 9.53 Å². The lowest BCUT2D eigenvalue weighted by atomic mass is 10.1. The molecule has 0 unspecified atom stereocenters. The molecule has 0 aliphatic carbocycles. The maximum absolute atomic E-state index is 12.1. The average molecular weight is 632 g/mol. The largest absolute Gasteiger partial charge is 0.494 e. The second-order valence-electron chi connectivity index (χ2n) is 12.0. The van der Waals surface area contributed by atoms with Gasteiger partial charge in [-0.05, 0) is 67.6 Å². The van der Waals surface area contributed by atoms with Gasteiger partial charge in [-0.2, -0.15) is 0 Å². The van der Waals surface area contributed by atoms with Crippen LogP contribution in [0.4, 0.5) is 5.69 Å². The number of piperazine rings is 1. The summed E-state index contributed by atoms with van der Waals surface area (Å²) in [6.07, 6.45) is 12.2. The van der Waals surface area contributed by atoms with E-state index in [1.165, 1.54) is 54.3 Å². The number of carbonyl (C=O) groups excluding carboxylic acids is 1. The zero-order valence-corrected chi connectivity index (χ0v) is 27.7. The number of thiophene rings is 1. The van der Waals surface area contributed by atoms with Gasteiger partial charge in [0.25, 0.3) is 0 Å². The SMILES string of the molecule is CCCCCCCCCCC(=O)OCOc1ccc2ccc(OCCCCN3CCN(c4cccc5sccc45)CC3)cc2n1. The van der Waals surface area contributed by atoms with Crippen LogP contribution in [-0.4, -0.2) is 62.0 Å². The number of anilines is 1. The van der Waals surface area contributed by atoms with E-state index >= 15 is 0 Å². The second kappa shape index (κ2) is 18.0. The highest BCUT2D eigenvalue weighted by molar-refractivity contribution is 7.17. The van der Waals surface area contributed by atoms with Gasteiger partial charge in [-0.3, -0.25) is 9.69 Å². The molecule has 0 saturated carbocycles. The third-order valence-electron chi connectivity index (χ3n) is 8.62. The molecule has 0 amide bonds. The van der Waals surface area contributed by atoms with Gasteiger partial charge < -0.3 is 19.1 Å². The zero-order valence-electron chi connectivity index (χ0n) is 26.9. The summed E-state index contributed by atoms with van der Waals surface area (Å²) < 4.78 is 18.3. The summed E-state index contributed by atoms with van der Waals surface area (Å²) in [7, 11) is 0. The number of benzene rings is 2. The summed E-state index contributed by atoms with van der Waals surface area (Å²) in [6.45, 7) is 8.23. The Morgan fingerprint density at radius 3 is 2.49 bits per heavy atom. The molecule has 1 fully saturated rings. The van der Waals surface area contributed by atoms with Crippen molar-refractivity contribution in [3.05, 3.63) is 60.0 Å². The Labute approximate surface area is 272 Å². The second-order valence-corrected chi connectivity index (χ2v) is 12.9. The molecule has 45 heavy (non-hydrogen) atoms. The van der Waals surface area contributed by atoms with Crippen LogP contribution < -0.4 is 14.4 Å². The minimum atomic E-state index is -0.216. The van der Waals surface area contributed by atoms with Crippen LogP contribution in [0.1, 0.15) is 77.6 Å². The first-order chi connectivity index (χ1) is 22.2. The number of unbranched alkanes of at least 4 members (excludes halogenated alkanes) is 8. The van der Waals surface area contributed by atoms with E-state index in [0.29, 0.717) is 18.9 Å². The fourth-order valence-electron chi connectivity index (χ4n) is 5.97. The quantitative estimate of drug-likeness (QED) is 0.0582. The topological polar surface area (TPSA) is 64.1 Å². The number of fused-ring (bicyclic) bond motifs is 2. The van der Waals surface area contributed by atoms with E-state index < -0.39 is 0 Å². The van der Waals surface area contributed by atoms with Crippen molar-refractivity contribution in [2.24, 2.45) is 0 Å². The molecule has 4 aromatic rings. The van der Waals surface area contributed by atoms with E-state index in [1.807, 2.05) is 35.6 Å². The predicted molar refractivity (Wildman–Crippen MR) is 186 cm³/mol.